The first-order valence-electron chi connectivity index (χ1n) is 22.5. The number of Topliss-reactive ketones (excluding diaryl/α,β-unsaturated/α-hetero) is 1. The number of aliphatic hydroxyl groups excluding tert-OH is 8. The summed E-state index contributed by atoms with van der Waals surface area (Å²) >= 11 is 0. The van der Waals surface area contributed by atoms with Crippen molar-refractivity contribution < 1.29 is 64.6 Å². The number of ketones is 1. The molecule has 2 fully saturated rings. The van der Waals surface area contributed by atoms with Gasteiger partial charge in [-0.05, 0) is 88.4 Å². The maximum atomic E-state index is 13.4. The lowest BCUT2D eigenvalue weighted by atomic mass is 9.71. The van der Waals surface area contributed by atoms with Crippen molar-refractivity contribution >= 4 is 5.78 Å². The SMILES string of the molecule is CC1=C(/C=C/C(C)=C/C=C/C(C)=C/C=C/C=C(C)/C=C/C=C(C)/C=C/C2=C(C)C(=O)C(O[C@@H]3O[C@H](CO)[C@@H](O)[C@@H](O)[C@@H]3O)CC2(C)C)C(C)(C)CC(O[C@@H]2O[C@H](CO)[C@@H](O)[C@H](O)[C@H]2O)C1. The number of rotatable bonds is 16. The highest BCUT2D eigenvalue weighted by Gasteiger charge is 2.48. The summed E-state index contributed by atoms with van der Waals surface area (Å²) in [5.41, 5.74) is 7.27. The number of carbonyl (C=O) groups is 1. The van der Waals surface area contributed by atoms with Crippen LogP contribution in [-0.4, -0.2) is 133 Å². The molecule has 0 aromatic heterocycles. The van der Waals surface area contributed by atoms with Crippen LogP contribution in [0.15, 0.2) is 130 Å². The van der Waals surface area contributed by atoms with Gasteiger partial charge in [-0.1, -0.05) is 141 Å². The van der Waals surface area contributed by atoms with E-state index in [-0.39, 0.29) is 17.3 Å². The van der Waals surface area contributed by atoms with Crippen molar-refractivity contribution in [3.63, 3.8) is 0 Å². The molecule has 2 heterocycles. The second kappa shape index (κ2) is 23.9. The molecule has 0 radical (unpaired) electrons. The molecule has 4 rings (SSSR count). The topological polar surface area (TPSA) is 216 Å². The second-order valence-electron chi connectivity index (χ2n) is 19.2. The first kappa shape index (κ1) is 53.9. The van der Waals surface area contributed by atoms with Crippen LogP contribution in [0.1, 0.15) is 88.5 Å². The van der Waals surface area contributed by atoms with Gasteiger partial charge in [-0.3, -0.25) is 4.79 Å². The van der Waals surface area contributed by atoms with Gasteiger partial charge in [-0.2, -0.15) is 0 Å². The minimum Gasteiger partial charge on any atom is -0.394 e. The Morgan fingerprint density at radius 3 is 1.46 bits per heavy atom. The number of hydrogen-bond donors (Lipinski definition) is 8. The van der Waals surface area contributed by atoms with E-state index in [1.54, 1.807) is 6.92 Å². The largest absolute Gasteiger partial charge is 0.394 e. The van der Waals surface area contributed by atoms with Crippen molar-refractivity contribution in [2.75, 3.05) is 13.2 Å². The lowest BCUT2D eigenvalue weighted by Gasteiger charge is -2.43. The first-order valence-corrected chi connectivity index (χ1v) is 22.5. The number of allylic oxidation sites excluding steroid dienone is 20. The Morgan fingerprint density at radius 1 is 0.585 bits per heavy atom. The van der Waals surface area contributed by atoms with Crippen LogP contribution in [-0.2, 0) is 23.7 Å². The Labute approximate surface area is 385 Å². The summed E-state index contributed by atoms with van der Waals surface area (Å²) in [5.74, 6) is -0.258. The zero-order valence-corrected chi connectivity index (χ0v) is 39.7. The van der Waals surface area contributed by atoms with Gasteiger partial charge in [-0.15, -0.1) is 0 Å². The van der Waals surface area contributed by atoms with Crippen LogP contribution in [0.25, 0.3) is 0 Å². The zero-order valence-electron chi connectivity index (χ0n) is 39.7. The van der Waals surface area contributed by atoms with Gasteiger partial charge in [0.1, 0.15) is 54.9 Å². The maximum absolute atomic E-state index is 13.4. The fourth-order valence-electron chi connectivity index (χ4n) is 8.73. The molecule has 0 amide bonds. The highest BCUT2D eigenvalue weighted by molar-refractivity contribution is 6.00. The van der Waals surface area contributed by atoms with Gasteiger partial charge in [0.15, 0.2) is 18.4 Å². The summed E-state index contributed by atoms with van der Waals surface area (Å²) in [7, 11) is 0. The van der Waals surface area contributed by atoms with Crippen LogP contribution < -0.4 is 0 Å². The minimum atomic E-state index is -1.59. The summed E-state index contributed by atoms with van der Waals surface area (Å²) in [6.45, 7) is 19.1. The highest BCUT2D eigenvalue weighted by atomic mass is 16.7. The van der Waals surface area contributed by atoms with Crippen molar-refractivity contribution in [3.8, 4) is 0 Å². The molecular formula is C52H74O13. The average molecular weight is 907 g/mol. The minimum absolute atomic E-state index is 0.236. The number of hydrogen-bond acceptors (Lipinski definition) is 13. The van der Waals surface area contributed by atoms with Crippen LogP contribution >= 0.6 is 0 Å². The molecule has 0 saturated carbocycles. The van der Waals surface area contributed by atoms with Crippen molar-refractivity contribution in [1.29, 1.82) is 0 Å². The smallest absolute Gasteiger partial charge is 0.187 e. The molecule has 65 heavy (non-hydrogen) atoms. The van der Waals surface area contributed by atoms with E-state index in [1.165, 1.54) is 5.57 Å². The Hall–Kier alpha value is -3.67. The van der Waals surface area contributed by atoms with Crippen LogP contribution in [0.2, 0.25) is 0 Å². The average Bonchev–Trinajstić information content (AvgIpc) is 3.23. The third kappa shape index (κ3) is 14.4. The zero-order chi connectivity index (χ0) is 48.4. The number of aliphatic hydroxyl groups is 8. The van der Waals surface area contributed by atoms with Crippen LogP contribution in [0.4, 0.5) is 0 Å². The molecule has 2 aliphatic carbocycles. The van der Waals surface area contributed by atoms with E-state index in [2.05, 4.69) is 39.0 Å². The van der Waals surface area contributed by atoms with Gasteiger partial charge in [0.2, 0.25) is 0 Å². The van der Waals surface area contributed by atoms with Gasteiger partial charge in [-0.25, -0.2) is 0 Å². The molecule has 2 aliphatic heterocycles. The summed E-state index contributed by atoms with van der Waals surface area (Å²) in [5, 5.41) is 80.5. The predicted octanol–water partition coefficient (Wildman–Crippen LogP) is 5.37. The molecule has 8 N–H and O–H groups in total. The Morgan fingerprint density at radius 2 is 1.00 bits per heavy atom. The fourth-order valence-corrected chi connectivity index (χ4v) is 8.73. The van der Waals surface area contributed by atoms with Crippen molar-refractivity contribution in [3.05, 3.63) is 130 Å². The molecular weight excluding hydrogens is 833 g/mol. The Kier molecular flexibility index (Phi) is 19.8. The molecule has 13 heteroatoms. The van der Waals surface area contributed by atoms with E-state index < -0.39 is 86.1 Å². The third-order valence-corrected chi connectivity index (χ3v) is 12.6. The molecule has 4 aliphatic rings. The van der Waals surface area contributed by atoms with Crippen LogP contribution in [0, 0.1) is 10.8 Å². The second-order valence-corrected chi connectivity index (χ2v) is 19.2. The van der Waals surface area contributed by atoms with E-state index in [0.717, 1.165) is 33.4 Å². The van der Waals surface area contributed by atoms with E-state index in [4.69, 9.17) is 18.9 Å². The van der Waals surface area contributed by atoms with E-state index in [1.807, 2.05) is 108 Å². The van der Waals surface area contributed by atoms with E-state index >= 15 is 0 Å². The van der Waals surface area contributed by atoms with Crippen molar-refractivity contribution in [2.24, 2.45) is 10.8 Å². The van der Waals surface area contributed by atoms with E-state index in [9.17, 15) is 45.6 Å². The highest BCUT2D eigenvalue weighted by Crippen LogP contribution is 2.44. The normalized spacial score (nSPS) is 34.8. The monoisotopic (exact) mass is 907 g/mol. The van der Waals surface area contributed by atoms with Crippen molar-refractivity contribution in [2.45, 2.75) is 162 Å². The fraction of sp³-hybridized carbons (Fsp3) is 0.558. The number of carbonyl (C=O) groups excluding carboxylic acids is 1. The third-order valence-electron chi connectivity index (χ3n) is 12.6. The lowest BCUT2D eigenvalue weighted by Crippen LogP contribution is -2.60. The summed E-state index contributed by atoms with van der Waals surface area (Å²) < 4.78 is 23.0. The molecule has 13 nitrogen and oxygen atoms in total. The Balaban J connectivity index is 1.27. The van der Waals surface area contributed by atoms with Gasteiger partial charge in [0.05, 0.1) is 19.3 Å². The standard InChI is InChI=1S/C52H74O13/c1-30(17-13-19-32(3)21-23-37-34(5)25-36(26-51(37,7)8)62-49-47(60)45(58)43(56)40(28-53)64-49)15-11-12-16-31(2)18-14-20-33(4)22-24-38-35(6)42(55)39(27-52(38,9)10)63-50-48(61)46(59)44(57)41(29-54)65-50/h11-24,36,39-41,43-50,53-54,56-61H,25-29H2,1-10H3/b12-11+,17-13+,18-14+,23-21+,24-22+,30-15+,31-16+,32-19+,33-20+/t36?,39?,40-,41-,43-,44-,45+,46-,47-,48+,49-,50-/m1/s1. The molecule has 2 unspecified atom stereocenters. The predicted molar refractivity (Wildman–Crippen MR) is 250 cm³/mol. The number of ether oxygens (including phenoxy) is 4. The summed E-state index contributed by atoms with van der Waals surface area (Å²) in [6, 6.07) is 0. The molecule has 2 saturated heterocycles. The summed E-state index contributed by atoms with van der Waals surface area (Å²) in [6.07, 6.45) is 15.0. The summed E-state index contributed by atoms with van der Waals surface area (Å²) in [4.78, 5) is 13.4. The molecule has 0 bridgehead atoms. The van der Waals surface area contributed by atoms with Gasteiger partial charge in [0.25, 0.3) is 0 Å². The maximum Gasteiger partial charge on any atom is 0.187 e. The quantitative estimate of drug-likeness (QED) is 0.0916. The molecule has 360 valence electrons. The van der Waals surface area contributed by atoms with Gasteiger partial charge < -0.3 is 59.8 Å². The van der Waals surface area contributed by atoms with Gasteiger partial charge >= 0.3 is 0 Å². The van der Waals surface area contributed by atoms with Crippen molar-refractivity contribution in [1.82, 2.24) is 0 Å². The van der Waals surface area contributed by atoms with Crippen LogP contribution in [0.5, 0.6) is 0 Å². The molecule has 0 aromatic rings. The molecule has 12 atom stereocenters. The Bertz CT molecular complexity index is 2000. The molecule has 0 spiro atoms. The molecule has 0 aromatic carbocycles. The van der Waals surface area contributed by atoms with E-state index in [0.29, 0.717) is 24.8 Å². The van der Waals surface area contributed by atoms with Crippen LogP contribution in [0.3, 0.4) is 0 Å². The van der Waals surface area contributed by atoms with Gasteiger partial charge in [0, 0.05) is 0 Å². The lowest BCUT2D eigenvalue weighted by molar-refractivity contribution is -0.313. The first-order chi connectivity index (χ1) is 30.5.